The quantitative estimate of drug-likeness (QED) is 0.714. The molecule has 1 heterocycles. The van der Waals surface area contributed by atoms with E-state index < -0.39 is 0 Å². The number of fused-ring (bicyclic) bond motifs is 1. The Kier molecular flexibility index (Phi) is 3.52. The third-order valence-corrected chi connectivity index (χ3v) is 3.20. The van der Waals surface area contributed by atoms with Crippen LogP contribution in [0.5, 0.6) is 5.75 Å². The van der Waals surface area contributed by atoms with Crippen molar-refractivity contribution in [3.63, 3.8) is 0 Å². The van der Waals surface area contributed by atoms with Crippen LogP contribution in [0.4, 0.5) is 5.69 Å². The highest BCUT2D eigenvalue weighted by atomic mass is 16.5. The van der Waals surface area contributed by atoms with Gasteiger partial charge in [-0.2, -0.15) is 0 Å². The molecule has 0 amide bonds. The van der Waals surface area contributed by atoms with E-state index in [2.05, 4.69) is 23.8 Å². The fourth-order valence-electron chi connectivity index (χ4n) is 2.16. The van der Waals surface area contributed by atoms with Gasteiger partial charge >= 0.3 is 0 Å². The largest absolute Gasteiger partial charge is 0.493 e. The zero-order valence-corrected chi connectivity index (χ0v) is 12.3. The predicted molar refractivity (Wildman–Crippen MR) is 86.3 cm³/mol. The van der Waals surface area contributed by atoms with Gasteiger partial charge in [-0.3, -0.25) is 0 Å². The van der Waals surface area contributed by atoms with Crippen LogP contribution in [0.1, 0.15) is 13.8 Å². The summed E-state index contributed by atoms with van der Waals surface area (Å²) in [6, 6.07) is 13.6. The molecule has 0 aliphatic heterocycles. The first-order valence-electron chi connectivity index (χ1n) is 7.10. The van der Waals surface area contributed by atoms with Crippen molar-refractivity contribution < 1.29 is 4.74 Å². The Morgan fingerprint density at radius 2 is 2.05 bits per heavy atom. The van der Waals surface area contributed by atoms with Gasteiger partial charge in [0.15, 0.2) is 0 Å². The first-order valence-corrected chi connectivity index (χ1v) is 7.10. The summed E-state index contributed by atoms with van der Waals surface area (Å²) in [6.07, 6.45) is 0. The molecular weight excluding hydrogens is 262 g/mol. The predicted octanol–water partition coefficient (Wildman–Crippen LogP) is 3.85. The molecule has 3 rings (SSSR count). The Morgan fingerprint density at radius 1 is 1.19 bits per heavy atom. The van der Waals surface area contributed by atoms with Gasteiger partial charge in [0.25, 0.3) is 0 Å². The van der Waals surface area contributed by atoms with Crippen LogP contribution in [0.2, 0.25) is 0 Å². The number of hydrogen-bond acceptors (Lipinski definition) is 3. The highest BCUT2D eigenvalue weighted by Gasteiger charge is 2.07. The molecule has 4 heteroatoms. The Labute approximate surface area is 124 Å². The van der Waals surface area contributed by atoms with Crippen LogP contribution in [0.15, 0.2) is 42.5 Å². The molecule has 0 saturated heterocycles. The molecule has 1 aromatic heterocycles. The van der Waals surface area contributed by atoms with E-state index in [-0.39, 0.29) is 0 Å². The maximum Gasteiger partial charge on any atom is 0.138 e. The van der Waals surface area contributed by atoms with Crippen LogP contribution in [-0.2, 0) is 0 Å². The minimum atomic E-state index is 0.503. The second-order valence-electron chi connectivity index (χ2n) is 5.59. The molecule has 3 N–H and O–H groups in total. The van der Waals surface area contributed by atoms with Crippen molar-refractivity contribution >= 4 is 16.7 Å². The Hall–Kier alpha value is -2.49. The summed E-state index contributed by atoms with van der Waals surface area (Å²) >= 11 is 0. The van der Waals surface area contributed by atoms with Crippen LogP contribution in [0, 0.1) is 5.92 Å². The van der Waals surface area contributed by atoms with E-state index in [0.29, 0.717) is 12.5 Å². The number of nitrogen functional groups attached to an aromatic ring is 1. The second kappa shape index (κ2) is 5.48. The third-order valence-electron chi connectivity index (χ3n) is 3.20. The number of nitrogens with zero attached hydrogens (tertiary/aromatic N) is 1. The van der Waals surface area contributed by atoms with Crippen molar-refractivity contribution in [2.75, 3.05) is 12.3 Å². The Bertz CT molecular complexity index is 762. The number of aromatic nitrogens is 2. The number of hydrogen-bond donors (Lipinski definition) is 2. The highest BCUT2D eigenvalue weighted by Crippen LogP contribution is 2.25. The molecule has 2 aromatic carbocycles. The van der Waals surface area contributed by atoms with Gasteiger partial charge in [0, 0.05) is 11.3 Å². The average molecular weight is 281 g/mol. The summed E-state index contributed by atoms with van der Waals surface area (Å²) < 4.78 is 5.76. The van der Waals surface area contributed by atoms with E-state index in [0.717, 1.165) is 33.9 Å². The summed E-state index contributed by atoms with van der Waals surface area (Å²) in [6.45, 7) is 4.97. The lowest BCUT2D eigenvalue weighted by atomic mass is 10.2. The summed E-state index contributed by atoms with van der Waals surface area (Å²) in [4.78, 5) is 7.89. The van der Waals surface area contributed by atoms with E-state index in [9.17, 15) is 0 Å². The van der Waals surface area contributed by atoms with Gasteiger partial charge in [0.2, 0.25) is 0 Å². The number of imidazole rings is 1. The first-order chi connectivity index (χ1) is 10.1. The maximum absolute atomic E-state index is 5.80. The van der Waals surface area contributed by atoms with Crippen LogP contribution in [0.3, 0.4) is 0 Å². The van der Waals surface area contributed by atoms with E-state index in [1.165, 1.54) is 0 Å². The van der Waals surface area contributed by atoms with Crippen LogP contribution in [0.25, 0.3) is 22.4 Å². The van der Waals surface area contributed by atoms with Crippen molar-refractivity contribution in [1.29, 1.82) is 0 Å². The fourth-order valence-corrected chi connectivity index (χ4v) is 2.16. The molecule has 4 nitrogen and oxygen atoms in total. The normalized spacial score (nSPS) is 11.2. The summed E-state index contributed by atoms with van der Waals surface area (Å²) in [5.41, 5.74) is 9.38. The minimum absolute atomic E-state index is 0.503. The number of aromatic amines is 1. The smallest absolute Gasteiger partial charge is 0.138 e. The molecule has 0 radical (unpaired) electrons. The third kappa shape index (κ3) is 2.99. The first kappa shape index (κ1) is 13.5. The van der Waals surface area contributed by atoms with Crippen molar-refractivity contribution in [2.45, 2.75) is 13.8 Å². The Balaban J connectivity index is 1.92. The van der Waals surface area contributed by atoms with E-state index in [1.807, 2.05) is 42.5 Å². The molecule has 108 valence electrons. The monoisotopic (exact) mass is 281 g/mol. The van der Waals surface area contributed by atoms with Gasteiger partial charge in [0.05, 0.1) is 17.6 Å². The van der Waals surface area contributed by atoms with Crippen LogP contribution in [-0.4, -0.2) is 16.6 Å². The molecular formula is C17H19N3O. The van der Waals surface area contributed by atoms with E-state index in [4.69, 9.17) is 10.5 Å². The number of rotatable bonds is 4. The SMILES string of the molecule is CC(C)COc1cccc(-c2nc3ccc(N)cc3[nH]2)c1. The van der Waals surface area contributed by atoms with Crippen molar-refractivity contribution in [3.05, 3.63) is 42.5 Å². The average Bonchev–Trinajstić information content (AvgIpc) is 2.88. The topological polar surface area (TPSA) is 63.9 Å². The lowest BCUT2D eigenvalue weighted by molar-refractivity contribution is 0.271. The maximum atomic E-state index is 5.80. The molecule has 0 spiro atoms. The fraction of sp³-hybridized carbons (Fsp3) is 0.235. The number of ether oxygens (including phenoxy) is 1. The van der Waals surface area contributed by atoms with Gasteiger partial charge in [-0.15, -0.1) is 0 Å². The Morgan fingerprint density at radius 3 is 2.86 bits per heavy atom. The van der Waals surface area contributed by atoms with Crippen molar-refractivity contribution in [2.24, 2.45) is 5.92 Å². The molecule has 3 aromatic rings. The second-order valence-corrected chi connectivity index (χ2v) is 5.59. The molecule has 21 heavy (non-hydrogen) atoms. The summed E-state index contributed by atoms with van der Waals surface area (Å²) in [5.74, 6) is 2.19. The lowest BCUT2D eigenvalue weighted by Gasteiger charge is -2.09. The molecule has 0 atom stereocenters. The number of nitrogens with one attached hydrogen (secondary N) is 1. The van der Waals surface area contributed by atoms with Gasteiger partial charge in [0.1, 0.15) is 11.6 Å². The van der Waals surface area contributed by atoms with Crippen LogP contribution < -0.4 is 10.5 Å². The summed E-state index contributed by atoms with van der Waals surface area (Å²) in [5, 5.41) is 0. The number of anilines is 1. The van der Waals surface area contributed by atoms with Gasteiger partial charge in [-0.25, -0.2) is 4.98 Å². The van der Waals surface area contributed by atoms with Crippen LogP contribution >= 0.6 is 0 Å². The number of nitrogens with two attached hydrogens (primary N) is 1. The molecule has 0 aliphatic carbocycles. The molecule has 0 unspecified atom stereocenters. The molecule has 0 bridgehead atoms. The van der Waals surface area contributed by atoms with Crippen molar-refractivity contribution in [1.82, 2.24) is 9.97 Å². The lowest BCUT2D eigenvalue weighted by Crippen LogP contribution is -2.04. The molecule has 0 aliphatic rings. The number of H-pyrrole nitrogens is 1. The minimum Gasteiger partial charge on any atom is -0.493 e. The van der Waals surface area contributed by atoms with Gasteiger partial charge < -0.3 is 15.5 Å². The zero-order valence-electron chi connectivity index (χ0n) is 12.3. The molecule has 0 saturated carbocycles. The number of benzene rings is 2. The van der Waals surface area contributed by atoms with Crippen molar-refractivity contribution in [3.8, 4) is 17.1 Å². The highest BCUT2D eigenvalue weighted by molar-refractivity contribution is 5.82. The van der Waals surface area contributed by atoms with E-state index in [1.54, 1.807) is 0 Å². The zero-order chi connectivity index (χ0) is 14.8. The van der Waals surface area contributed by atoms with Gasteiger partial charge in [-0.1, -0.05) is 26.0 Å². The molecule has 0 fully saturated rings. The standard InChI is InChI=1S/C17H19N3O/c1-11(2)10-21-14-5-3-4-12(8-14)17-19-15-7-6-13(18)9-16(15)20-17/h3-9,11H,10,18H2,1-2H3,(H,19,20). The van der Waals surface area contributed by atoms with E-state index >= 15 is 0 Å². The van der Waals surface area contributed by atoms with Gasteiger partial charge in [-0.05, 0) is 36.2 Å². The summed E-state index contributed by atoms with van der Waals surface area (Å²) in [7, 11) is 0.